The molecule has 0 saturated carbocycles. The SMILES string of the molecule is [N-]=[N+]=Nc1ccc(CC(=O)O)c([N+](=O)[O-])c1. The molecule has 1 rings (SSSR count). The molecule has 82 valence electrons. The second-order valence-electron chi connectivity index (χ2n) is 2.83. The molecule has 0 fully saturated rings. The van der Waals surface area contributed by atoms with Gasteiger partial charge in [0.25, 0.3) is 5.69 Å². The van der Waals surface area contributed by atoms with Crippen molar-refractivity contribution in [2.24, 2.45) is 5.11 Å². The van der Waals surface area contributed by atoms with Crippen molar-refractivity contribution in [2.75, 3.05) is 0 Å². The highest BCUT2D eigenvalue weighted by Crippen LogP contribution is 2.25. The lowest BCUT2D eigenvalue weighted by Crippen LogP contribution is -2.03. The van der Waals surface area contributed by atoms with Crippen molar-refractivity contribution in [2.45, 2.75) is 6.42 Å². The van der Waals surface area contributed by atoms with Gasteiger partial charge in [-0.3, -0.25) is 14.9 Å². The molecule has 16 heavy (non-hydrogen) atoms. The summed E-state index contributed by atoms with van der Waals surface area (Å²) in [6.07, 6.45) is -0.452. The van der Waals surface area contributed by atoms with Gasteiger partial charge in [-0.05, 0) is 5.53 Å². The van der Waals surface area contributed by atoms with E-state index in [-0.39, 0.29) is 16.9 Å². The van der Waals surface area contributed by atoms with Crippen LogP contribution in [0.1, 0.15) is 5.56 Å². The molecule has 0 aliphatic carbocycles. The first kappa shape index (κ1) is 11.5. The average molecular weight is 222 g/mol. The number of hydrogen-bond donors (Lipinski definition) is 1. The Labute approximate surface area is 88.9 Å². The van der Waals surface area contributed by atoms with E-state index in [9.17, 15) is 14.9 Å². The van der Waals surface area contributed by atoms with Gasteiger partial charge in [-0.2, -0.15) is 0 Å². The maximum atomic E-state index is 10.6. The Bertz CT molecular complexity index is 493. The highest BCUT2D eigenvalue weighted by atomic mass is 16.6. The van der Waals surface area contributed by atoms with E-state index < -0.39 is 17.3 Å². The third-order valence-corrected chi connectivity index (χ3v) is 1.77. The van der Waals surface area contributed by atoms with Crippen molar-refractivity contribution in [3.8, 4) is 0 Å². The molecule has 0 saturated heterocycles. The summed E-state index contributed by atoms with van der Waals surface area (Å²) >= 11 is 0. The number of carbonyl (C=O) groups is 1. The minimum atomic E-state index is -1.17. The van der Waals surface area contributed by atoms with E-state index in [1.807, 2.05) is 0 Å². The third kappa shape index (κ3) is 2.69. The Balaban J connectivity index is 3.24. The Morgan fingerprint density at radius 3 is 2.81 bits per heavy atom. The molecule has 0 spiro atoms. The van der Waals surface area contributed by atoms with Crippen molar-refractivity contribution >= 4 is 17.3 Å². The predicted octanol–water partition coefficient (Wildman–Crippen LogP) is 2.16. The maximum absolute atomic E-state index is 10.6. The zero-order valence-electron chi connectivity index (χ0n) is 7.90. The van der Waals surface area contributed by atoms with E-state index in [0.29, 0.717) is 0 Å². The summed E-state index contributed by atoms with van der Waals surface area (Å²) in [5.41, 5.74) is 7.93. The van der Waals surface area contributed by atoms with Crippen LogP contribution in [-0.4, -0.2) is 16.0 Å². The molecular weight excluding hydrogens is 216 g/mol. The van der Waals surface area contributed by atoms with Gasteiger partial charge in [0.2, 0.25) is 0 Å². The minimum absolute atomic E-state index is 0.0642. The Morgan fingerprint density at radius 2 is 2.31 bits per heavy atom. The van der Waals surface area contributed by atoms with Crippen LogP contribution in [0.4, 0.5) is 11.4 Å². The second kappa shape index (κ2) is 4.76. The van der Waals surface area contributed by atoms with Crippen molar-refractivity contribution in [3.05, 3.63) is 44.3 Å². The van der Waals surface area contributed by atoms with Gasteiger partial charge >= 0.3 is 5.97 Å². The summed E-state index contributed by atoms with van der Waals surface area (Å²) in [7, 11) is 0. The topological polar surface area (TPSA) is 129 Å². The van der Waals surface area contributed by atoms with Gasteiger partial charge in [0.1, 0.15) is 0 Å². The van der Waals surface area contributed by atoms with Crippen LogP contribution in [0, 0.1) is 10.1 Å². The molecule has 0 atom stereocenters. The van der Waals surface area contributed by atoms with Crippen LogP contribution in [0.25, 0.3) is 10.4 Å². The standard InChI is InChI=1S/C8H6N4O4/c9-11-10-6-2-1-5(3-8(13)14)7(4-6)12(15)16/h1-2,4H,3H2,(H,13,14). The summed E-state index contributed by atoms with van der Waals surface area (Å²) in [5, 5.41) is 22.4. The molecule has 8 nitrogen and oxygen atoms in total. The van der Waals surface area contributed by atoms with E-state index in [2.05, 4.69) is 10.0 Å². The van der Waals surface area contributed by atoms with Crippen LogP contribution in [0.3, 0.4) is 0 Å². The van der Waals surface area contributed by atoms with Crippen LogP contribution in [0.15, 0.2) is 23.3 Å². The van der Waals surface area contributed by atoms with Crippen molar-refractivity contribution in [1.29, 1.82) is 0 Å². The summed E-state index contributed by atoms with van der Waals surface area (Å²) in [6.45, 7) is 0. The molecule has 0 aliphatic rings. The van der Waals surface area contributed by atoms with Gasteiger partial charge < -0.3 is 5.11 Å². The fourth-order valence-corrected chi connectivity index (χ4v) is 1.15. The number of nitro benzene ring substituents is 1. The van der Waals surface area contributed by atoms with E-state index >= 15 is 0 Å². The Hall–Kier alpha value is -2.60. The maximum Gasteiger partial charge on any atom is 0.308 e. The van der Waals surface area contributed by atoms with Gasteiger partial charge in [0.05, 0.1) is 11.3 Å². The normalized spacial score (nSPS) is 9.25. The molecule has 0 amide bonds. The molecule has 1 aromatic rings. The van der Waals surface area contributed by atoms with Crippen LogP contribution in [-0.2, 0) is 11.2 Å². The van der Waals surface area contributed by atoms with Crippen LogP contribution in [0.5, 0.6) is 0 Å². The summed E-state index contributed by atoms with van der Waals surface area (Å²) in [5.74, 6) is -1.17. The number of aliphatic carboxylic acids is 1. The number of carboxylic acids is 1. The smallest absolute Gasteiger partial charge is 0.308 e. The summed E-state index contributed by atoms with van der Waals surface area (Å²) in [4.78, 5) is 22.9. The largest absolute Gasteiger partial charge is 0.481 e. The van der Waals surface area contributed by atoms with Gasteiger partial charge in [0.15, 0.2) is 0 Å². The van der Waals surface area contributed by atoms with Crippen LogP contribution >= 0.6 is 0 Å². The lowest BCUT2D eigenvalue weighted by Gasteiger charge is -2.00. The monoisotopic (exact) mass is 222 g/mol. The van der Waals surface area contributed by atoms with E-state index in [0.717, 1.165) is 6.07 Å². The molecule has 0 radical (unpaired) electrons. The van der Waals surface area contributed by atoms with Gasteiger partial charge in [-0.15, -0.1) is 0 Å². The lowest BCUT2D eigenvalue weighted by atomic mass is 10.1. The molecule has 1 aromatic carbocycles. The van der Waals surface area contributed by atoms with Gasteiger partial charge in [0, 0.05) is 22.2 Å². The number of rotatable bonds is 4. The molecule has 0 unspecified atom stereocenters. The zero-order chi connectivity index (χ0) is 12.1. The first-order chi connectivity index (χ1) is 7.54. The fraction of sp³-hybridized carbons (Fsp3) is 0.125. The number of azide groups is 1. The summed E-state index contributed by atoms with van der Waals surface area (Å²) in [6, 6.07) is 3.62. The first-order valence-corrected chi connectivity index (χ1v) is 4.09. The van der Waals surface area contributed by atoms with Crippen LogP contribution < -0.4 is 0 Å². The number of nitro groups is 1. The number of hydrogen-bond acceptors (Lipinski definition) is 4. The Kier molecular flexibility index (Phi) is 3.41. The molecule has 0 heterocycles. The van der Waals surface area contributed by atoms with E-state index in [4.69, 9.17) is 10.6 Å². The molecule has 1 N–H and O–H groups in total. The highest BCUT2D eigenvalue weighted by Gasteiger charge is 2.16. The van der Waals surface area contributed by atoms with Crippen molar-refractivity contribution in [3.63, 3.8) is 0 Å². The molecule has 8 heteroatoms. The molecule has 0 bridgehead atoms. The van der Waals surface area contributed by atoms with E-state index in [1.54, 1.807) is 0 Å². The molecule has 0 aromatic heterocycles. The zero-order valence-corrected chi connectivity index (χ0v) is 7.90. The van der Waals surface area contributed by atoms with Crippen molar-refractivity contribution in [1.82, 2.24) is 0 Å². The van der Waals surface area contributed by atoms with E-state index in [1.165, 1.54) is 12.1 Å². The van der Waals surface area contributed by atoms with Gasteiger partial charge in [-0.1, -0.05) is 17.2 Å². The highest BCUT2D eigenvalue weighted by molar-refractivity contribution is 5.72. The average Bonchev–Trinajstić information content (AvgIpc) is 2.19. The first-order valence-electron chi connectivity index (χ1n) is 4.09. The third-order valence-electron chi connectivity index (χ3n) is 1.77. The second-order valence-corrected chi connectivity index (χ2v) is 2.83. The van der Waals surface area contributed by atoms with Gasteiger partial charge in [-0.25, -0.2) is 0 Å². The number of carboxylic acid groups (broad SMARTS) is 1. The van der Waals surface area contributed by atoms with Crippen molar-refractivity contribution < 1.29 is 14.8 Å². The fourth-order valence-electron chi connectivity index (χ4n) is 1.15. The quantitative estimate of drug-likeness (QED) is 0.275. The lowest BCUT2D eigenvalue weighted by molar-refractivity contribution is -0.385. The van der Waals surface area contributed by atoms with Crippen LogP contribution in [0.2, 0.25) is 0 Å². The minimum Gasteiger partial charge on any atom is -0.481 e. The molecular formula is C8H6N4O4. The molecule has 0 aliphatic heterocycles. The Morgan fingerprint density at radius 1 is 1.62 bits per heavy atom. The number of benzene rings is 1. The predicted molar refractivity (Wildman–Crippen MR) is 53.2 cm³/mol. The number of nitrogens with zero attached hydrogens (tertiary/aromatic N) is 4. The summed E-state index contributed by atoms with van der Waals surface area (Å²) < 4.78 is 0.